The fraction of sp³-hybridized carbons (Fsp3) is 0.476. The number of guanidine groups is 1. The second-order valence-corrected chi connectivity index (χ2v) is 7.78. The molecule has 0 spiro atoms. The molecule has 2 heterocycles. The number of thiophene rings is 1. The third-order valence-corrected chi connectivity index (χ3v) is 5.86. The molecular weight excluding hydrogens is 481 g/mol. The summed E-state index contributed by atoms with van der Waals surface area (Å²) in [5, 5.41) is 12.6. The maximum absolute atomic E-state index is 4.38. The highest BCUT2D eigenvalue weighted by atomic mass is 127. The maximum Gasteiger partial charge on any atom is 0.191 e. The Bertz CT molecular complexity index is 671. The lowest BCUT2D eigenvalue weighted by Gasteiger charge is -2.27. The smallest absolute Gasteiger partial charge is 0.191 e. The molecule has 1 aromatic carbocycles. The molecule has 1 unspecified atom stereocenters. The summed E-state index contributed by atoms with van der Waals surface area (Å²) >= 11 is 1.85. The van der Waals surface area contributed by atoms with E-state index >= 15 is 0 Å². The van der Waals surface area contributed by atoms with Crippen LogP contribution < -0.4 is 16.0 Å². The van der Waals surface area contributed by atoms with E-state index in [0.717, 1.165) is 32.0 Å². The van der Waals surface area contributed by atoms with Crippen LogP contribution in [-0.2, 0) is 0 Å². The van der Waals surface area contributed by atoms with E-state index in [1.54, 1.807) is 0 Å². The van der Waals surface area contributed by atoms with Crippen LogP contribution in [0.5, 0.6) is 0 Å². The molecule has 1 aliphatic heterocycles. The molecule has 154 valence electrons. The Labute approximate surface area is 190 Å². The molecular formula is C21H32IN5S. The number of likely N-dealkylation sites (tertiary alicyclic amines) is 1. The van der Waals surface area contributed by atoms with Crippen LogP contribution in [0.25, 0.3) is 0 Å². The van der Waals surface area contributed by atoms with Gasteiger partial charge in [-0.15, -0.1) is 35.3 Å². The largest absolute Gasteiger partial charge is 0.385 e. The third kappa shape index (κ3) is 7.25. The first-order valence-corrected chi connectivity index (χ1v) is 10.8. The summed E-state index contributed by atoms with van der Waals surface area (Å²) in [7, 11) is 1.84. The average molecular weight is 513 g/mol. The number of nitrogens with zero attached hydrogens (tertiary/aromatic N) is 2. The van der Waals surface area contributed by atoms with Crippen molar-refractivity contribution in [3.05, 3.63) is 52.7 Å². The minimum absolute atomic E-state index is 0. The molecule has 3 N–H and O–H groups in total. The van der Waals surface area contributed by atoms with Gasteiger partial charge in [0.15, 0.2) is 5.96 Å². The molecule has 5 nitrogen and oxygen atoms in total. The summed E-state index contributed by atoms with van der Waals surface area (Å²) in [4.78, 5) is 8.41. The van der Waals surface area contributed by atoms with Crippen LogP contribution >= 0.6 is 35.3 Å². The van der Waals surface area contributed by atoms with Gasteiger partial charge in [-0.05, 0) is 55.9 Å². The molecule has 1 aliphatic rings. The molecule has 28 heavy (non-hydrogen) atoms. The van der Waals surface area contributed by atoms with Crippen molar-refractivity contribution >= 4 is 47.0 Å². The molecule has 0 radical (unpaired) electrons. The highest BCUT2D eigenvalue weighted by Gasteiger charge is 2.24. The highest BCUT2D eigenvalue weighted by Crippen LogP contribution is 2.27. The molecule has 1 atom stereocenters. The predicted molar refractivity (Wildman–Crippen MR) is 132 cm³/mol. The van der Waals surface area contributed by atoms with Crippen LogP contribution in [0.3, 0.4) is 0 Å². The van der Waals surface area contributed by atoms with Crippen molar-refractivity contribution in [2.75, 3.05) is 45.1 Å². The van der Waals surface area contributed by atoms with Gasteiger partial charge in [0.2, 0.25) is 0 Å². The van der Waals surface area contributed by atoms with E-state index in [4.69, 9.17) is 0 Å². The van der Waals surface area contributed by atoms with Crippen LogP contribution in [0.2, 0.25) is 0 Å². The van der Waals surface area contributed by atoms with Gasteiger partial charge >= 0.3 is 0 Å². The van der Waals surface area contributed by atoms with Gasteiger partial charge < -0.3 is 16.0 Å². The molecule has 1 saturated heterocycles. The van der Waals surface area contributed by atoms with Crippen molar-refractivity contribution < 1.29 is 0 Å². The number of hydrogen-bond donors (Lipinski definition) is 3. The average Bonchev–Trinajstić information content (AvgIpc) is 3.42. The molecule has 0 saturated carbocycles. The van der Waals surface area contributed by atoms with Crippen LogP contribution in [-0.4, -0.2) is 50.6 Å². The normalized spacial score (nSPS) is 15.7. The van der Waals surface area contributed by atoms with Crippen molar-refractivity contribution in [1.82, 2.24) is 15.5 Å². The SMILES string of the molecule is CN=C(NCCCNc1ccccc1)NCC(c1cccs1)N1CCCC1.I. The number of benzene rings is 1. The fourth-order valence-electron chi connectivity index (χ4n) is 3.44. The highest BCUT2D eigenvalue weighted by molar-refractivity contribution is 14.0. The van der Waals surface area contributed by atoms with E-state index in [-0.39, 0.29) is 24.0 Å². The topological polar surface area (TPSA) is 51.7 Å². The van der Waals surface area contributed by atoms with Crippen molar-refractivity contribution in [2.45, 2.75) is 25.3 Å². The van der Waals surface area contributed by atoms with Crippen LogP contribution in [0.15, 0.2) is 52.8 Å². The van der Waals surface area contributed by atoms with E-state index in [9.17, 15) is 0 Å². The zero-order valence-electron chi connectivity index (χ0n) is 16.6. The van der Waals surface area contributed by atoms with Gasteiger partial charge in [-0.1, -0.05) is 24.3 Å². The second-order valence-electron chi connectivity index (χ2n) is 6.80. The number of nitrogens with one attached hydrogen (secondary N) is 3. The Morgan fingerprint density at radius 1 is 1.07 bits per heavy atom. The van der Waals surface area contributed by atoms with Crippen LogP contribution in [0, 0.1) is 0 Å². The molecule has 1 aromatic heterocycles. The first-order chi connectivity index (χ1) is 13.4. The zero-order valence-corrected chi connectivity index (χ0v) is 19.7. The van der Waals surface area contributed by atoms with Gasteiger partial charge in [-0.3, -0.25) is 9.89 Å². The molecule has 2 aromatic rings. The number of hydrogen-bond acceptors (Lipinski definition) is 4. The Morgan fingerprint density at radius 2 is 1.86 bits per heavy atom. The number of anilines is 1. The standard InChI is InChI=1S/C21H31N5S.HI/c1-22-21(24-13-8-12-23-18-9-3-2-4-10-18)25-17-19(20-11-7-16-27-20)26-14-5-6-15-26;/h2-4,7,9-11,16,19,23H,5-6,8,12-15,17H2,1H3,(H2,22,24,25);1H. The first-order valence-electron chi connectivity index (χ1n) is 9.87. The predicted octanol–water partition coefficient (Wildman–Crippen LogP) is 4.17. The van der Waals surface area contributed by atoms with Gasteiger partial charge in [-0.2, -0.15) is 0 Å². The molecule has 0 bridgehead atoms. The maximum atomic E-state index is 4.38. The summed E-state index contributed by atoms with van der Waals surface area (Å²) in [5.41, 5.74) is 1.17. The van der Waals surface area contributed by atoms with E-state index in [1.807, 2.05) is 24.5 Å². The van der Waals surface area contributed by atoms with Crippen molar-refractivity contribution in [2.24, 2.45) is 4.99 Å². The third-order valence-electron chi connectivity index (χ3n) is 4.89. The molecule has 7 heteroatoms. The minimum atomic E-state index is 0. The van der Waals surface area contributed by atoms with Gasteiger partial charge in [0.1, 0.15) is 0 Å². The zero-order chi connectivity index (χ0) is 18.7. The van der Waals surface area contributed by atoms with Crippen molar-refractivity contribution in [3.63, 3.8) is 0 Å². The van der Waals surface area contributed by atoms with Gasteiger partial charge in [0.05, 0.1) is 6.04 Å². The summed E-state index contributed by atoms with van der Waals surface area (Å²) in [6.45, 7) is 5.12. The van der Waals surface area contributed by atoms with E-state index in [0.29, 0.717) is 6.04 Å². The van der Waals surface area contributed by atoms with E-state index < -0.39 is 0 Å². The minimum Gasteiger partial charge on any atom is -0.385 e. The monoisotopic (exact) mass is 513 g/mol. The van der Waals surface area contributed by atoms with Gasteiger partial charge in [-0.25, -0.2) is 0 Å². The molecule has 0 amide bonds. The number of para-hydroxylation sites is 1. The van der Waals surface area contributed by atoms with Crippen molar-refractivity contribution in [3.8, 4) is 0 Å². The van der Waals surface area contributed by atoms with Gasteiger partial charge in [0.25, 0.3) is 0 Å². The second kappa shape index (κ2) is 13.0. The quantitative estimate of drug-likeness (QED) is 0.204. The number of aliphatic imine (C=N–C) groups is 1. The fourth-order valence-corrected chi connectivity index (χ4v) is 4.30. The van der Waals surface area contributed by atoms with Crippen molar-refractivity contribution in [1.29, 1.82) is 0 Å². The summed E-state index contributed by atoms with van der Waals surface area (Å²) < 4.78 is 0. The lowest BCUT2D eigenvalue weighted by atomic mass is 10.2. The number of halogens is 1. The Balaban J connectivity index is 0.00000280. The Kier molecular flexibility index (Phi) is 10.7. The van der Waals surface area contributed by atoms with Crippen LogP contribution in [0.1, 0.15) is 30.2 Å². The summed E-state index contributed by atoms with van der Waals surface area (Å²) in [5.74, 6) is 0.885. The van der Waals surface area contributed by atoms with Gasteiger partial charge in [0, 0.05) is 37.2 Å². The Morgan fingerprint density at radius 3 is 2.54 bits per heavy atom. The Hall–Kier alpha value is -1.32. The van der Waals surface area contributed by atoms with E-state index in [2.05, 4.69) is 67.6 Å². The van der Waals surface area contributed by atoms with E-state index in [1.165, 1.54) is 36.5 Å². The van der Waals surface area contributed by atoms with Crippen LogP contribution in [0.4, 0.5) is 5.69 Å². The molecule has 1 fully saturated rings. The lowest BCUT2D eigenvalue weighted by Crippen LogP contribution is -2.43. The first kappa shape index (κ1) is 23.0. The number of rotatable bonds is 9. The summed E-state index contributed by atoms with van der Waals surface area (Å²) in [6.07, 6.45) is 3.66. The lowest BCUT2D eigenvalue weighted by molar-refractivity contribution is 0.249. The molecule has 3 rings (SSSR count). The molecule has 0 aliphatic carbocycles. The summed E-state index contributed by atoms with van der Waals surface area (Å²) in [6, 6.07) is 15.2.